The number of anilines is 1. The molecule has 1 N–H and O–H groups in total. The number of esters is 1. The molecule has 0 saturated heterocycles. The lowest BCUT2D eigenvalue weighted by Crippen LogP contribution is -2.09. The zero-order valence-corrected chi connectivity index (χ0v) is 20.0. The average Bonchev–Trinajstić information content (AvgIpc) is 3.46. The molecule has 3 aromatic rings. The molecular weight excluding hydrogens is 465 g/mol. The molecular formula is C28H26FNO6. The van der Waals surface area contributed by atoms with Gasteiger partial charge in [-0.05, 0) is 55.3 Å². The molecule has 8 heteroatoms. The van der Waals surface area contributed by atoms with E-state index in [-0.39, 0.29) is 30.0 Å². The van der Waals surface area contributed by atoms with Gasteiger partial charge in [0.25, 0.3) is 0 Å². The summed E-state index contributed by atoms with van der Waals surface area (Å²) in [7, 11) is 1.37. The Labute approximate surface area is 208 Å². The summed E-state index contributed by atoms with van der Waals surface area (Å²) in [5, 5.41) is 2.71. The van der Waals surface area contributed by atoms with Crippen LogP contribution in [0.4, 0.5) is 10.1 Å². The average molecular weight is 492 g/mol. The summed E-state index contributed by atoms with van der Waals surface area (Å²) in [6.07, 6.45) is 1.01. The molecule has 2 aliphatic rings. The van der Waals surface area contributed by atoms with Gasteiger partial charge >= 0.3 is 5.97 Å². The third-order valence-corrected chi connectivity index (χ3v) is 6.43. The number of carbonyl (C=O) groups is 2. The van der Waals surface area contributed by atoms with Crippen molar-refractivity contribution >= 4 is 17.6 Å². The van der Waals surface area contributed by atoms with Crippen LogP contribution in [0.15, 0.2) is 54.6 Å². The summed E-state index contributed by atoms with van der Waals surface area (Å²) >= 11 is 0. The van der Waals surface area contributed by atoms with Gasteiger partial charge in [-0.2, -0.15) is 0 Å². The summed E-state index contributed by atoms with van der Waals surface area (Å²) < 4.78 is 37.7. The number of hydrogen-bond acceptors (Lipinski definition) is 6. The van der Waals surface area contributed by atoms with Crippen LogP contribution in [-0.4, -0.2) is 25.6 Å². The maximum atomic E-state index is 14.9. The van der Waals surface area contributed by atoms with Crippen LogP contribution in [0, 0.1) is 5.82 Å². The van der Waals surface area contributed by atoms with Crippen LogP contribution in [0.2, 0.25) is 0 Å². The maximum absolute atomic E-state index is 14.9. The number of halogens is 1. The van der Waals surface area contributed by atoms with Gasteiger partial charge in [-0.25, -0.2) is 4.39 Å². The molecule has 1 amide bonds. The largest absolute Gasteiger partial charge is 0.492 e. The molecule has 0 aromatic heterocycles. The van der Waals surface area contributed by atoms with Gasteiger partial charge in [0.15, 0.2) is 0 Å². The number of benzene rings is 3. The fourth-order valence-electron chi connectivity index (χ4n) is 4.74. The minimum atomic E-state index is -0.462. The van der Waals surface area contributed by atoms with E-state index < -0.39 is 6.10 Å². The quantitative estimate of drug-likeness (QED) is 0.428. The van der Waals surface area contributed by atoms with E-state index in [1.54, 1.807) is 36.4 Å². The van der Waals surface area contributed by atoms with Gasteiger partial charge in [-0.1, -0.05) is 6.07 Å². The number of nitrogens with one attached hydrogen (secondary N) is 1. The van der Waals surface area contributed by atoms with E-state index in [0.29, 0.717) is 53.7 Å². The Hall–Kier alpha value is -4.07. The first-order valence-corrected chi connectivity index (χ1v) is 11.8. The molecule has 7 nitrogen and oxygen atoms in total. The smallest absolute Gasteiger partial charge is 0.306 e. The molecule has 0 saturated carbocycles. The second-order valence-corrected chi connectivity index (χ2v) is 8.88. The highest BCUT2D eigenvalue weighted by Gasteiger charge is 2.32. The first kappa shape index (κ1) is 23.7. The fraction of sp³-hybridized carbons (Fsp3) is 0.286. The van der Waals surface area contributed by atoms with Crippen LogP contribution in [0.3, 0.4) is 0 Å². The number of carbonyl (C=O) groups excluding carboxylic acids is 2. The third kappa shape index (κ3) is 4.84. The molecule has 36 heavy (non-hydrogen) atoms. The Morgan fingerprint density at radius 1 is 1.08 bits per heavy atom. The van der Waals surface area contributed by atoms with Crippen molar-refractivity contribution in [2.75, 3.05) is 19.0 Å². The normalized spacial score (nSPS) is 17.5. The third-order valence-electron chi connectivity index (χ3n) is 6.43. The van der Waals surface area contributed by atoms with Gasteiger partial charge in [0, 0.05) is 41.3 Å². The Morgan fingerprint density at radius 3 is 2.61 bits per heavy atom. The van der Waals surface area contributed by atoms with Crippen molar-refractivity contribution in [3.63, 3.8) is 0 Å². The van der Waals surface area contributed by atoms with Crippen LogP contribution in [0.25, 0.3) is 0 Å². The highest BCUT2D eigenvalue weighted by molar-refractivity contribution is 5.88. The predicted octanol–water partition coefficient (Wildman–Crippen LogP) is 5.68. The predicted molar refractivity (Wildman–Crippen MR) is 130 cm³/mol. The molecule has 0 radical (unpaired) electrons. The van der Waals surface area contributed by atoms with Crippen LogP contribution >= 0.6 is 0 Å². The first-order valence-electron chi connectivity index (χ1n) is 11.8. The molecule has 0 spiro atoms. The number of hydrogen-bond donors (Lipinski definition) is 1. The van der Waals surface area contributed by atoms with Crippen molar-refractivity contribution in [2.45, 2.75) is 38.2 Å². The van der Waals surface area contributed by atoms with E-state index in [9.17, 15) is 14.0 Å². The standard InChI is InChI=1S/C28H26FNO6/c1-16(31)30-18-3-5-19(6-4-18)35-24-12-10-23(29)28-22(24)9-11-25(28)36-20-7-8-21-17(13-27(32)33-2)15-34-26(21)14-20/h3-8,10,12,14,17,25H,9,11,13,15H2,1-2H3,(H,30,31)/t17?,25-/m1/s1. The van der Waals surface area contributed by atoms with Gasteiger partial charge < -0.3 is 24.3 Å². The molecule has 1 heterocycles. The summed E-state index contributed by atoms with van der Waals surface area (Å²) in [4.78, 5) is 22.9. The van der Waals surface area contributed by atoms with Crippen molar-refractivity contribution in [3.8, 4) is 23.0 Å². The van der Waals surface area contributed by atoms with Crippen molar-refractivity contribution in [3.05, 3.63) is 77.1 Å². The molecule has 2 atom stereocenters. The van der Waals surface area contributed by atoms with E-state index in [0.717, 1.165) is 11.1 Å². The van der Waals surface area contributed by atoms with Gasteiger partial charge in [-0.15, -0.1) is 0 Å². The fourth-order valence-corrected chi connectivity index (χ4v) is 4.74. The lowest BCUT2D eigenvalue weighted by molar-refractivity contribution is -0.141. The molecule has 0 bridgehead atoms. The summed E-state index contributed by atoms with van der Waals surface area (Å²) in [5.41, 5.74) is 2.88. The highest BCUT2D eigenvalue weighted by Crippen LogP contribution is 2.44. The van der Waals surface area contributed by atoms with Gasteiger partial charge in [0.1, 0.15) is 34.9 Å². The molecule has 1 aliphatic heterocycles. The monoisotopic (exact) mass is 491 g/mol. The van der Waals surface area contributed by atoms with Crippen LogP contribution in [0.1, 0.15) is 48.5 Å². The number of rotatable bonds is 7. The molecule has 5 rings (SSSR count). The van der Waals surface area contributed by atoms with Crippen molar-refractivity contribution in [2.24, 2.45) is 0 Å². The molecule has 186 valence electrons. The highest BCUT2D eigenvalue weighted by atomic mass is 19.1. The number of fused-ring (bicyclic) bond motifs is 2. The summed E-state index contributed by atoms with van der Waals surface area (Å²) in [6, 6.07) is 15.5. The molecule has 1 unspecified atom stereocenters. The summed E-state index contributed by atoms with van der Waals surface area (Å²) in [6.45, 7) is 1.85. The second-order valence-electron chi connectivity index (χ2n) is 8.88. The van der Waals surface area contributed by atoms with E-state index in [2.05, 4.69) is 5.32 Å². The maximum Gasteiger partial charge on any atom is 0.306 e. The molecule has 0 fully saturated rings. The van der Waals surface area contributed by atoms with E-state index >= 15 is 0 Å². The van der Waals surface area contributed by atoms with Gasteiger partial charge in [0.2, 0.25) is 5.91 Å². The Kier molecular flexibility index (Phi) is 6.50. The number of ether oxygens (including phenoxy) is 4. The summed E-state index contributed by atoms with van der Waals surface area (Å²) in [5.74, 6) is 1.57. The lowest BCUT2D eigenvalue weighted by Gasteiger charge is -2.17. The first-order chi connectivity index (χ1) is 17.4. The zero-order valence-electron chi connectivity index (χ0n) is 20.0. The lowest BCUT2D eigenvalue weighted by atomic mass is 9.98. The minimum absolute atomic E-state index is 0.0573. The van der Waals surface area contributed by atoms with Gasteiger partial charge in [-0.3, -0.25) is 9.59 Å². The zero-order chi connectivity index (χ0) is 25.2. The Bertz CT molecular complexity index is 1310. The minimum Gasteiger partial charge on any atom is -0.492 e. The Morgan fingerprint density at radius 2 is 1.86 bits per heavy atom. The SMILES string of the molecule is COC(=O)CC1COc2cc(O[C@@H]3CCc4c(Oc5ccc(NC(C)=O)cc5)ccc(F)c43)ccc21. The Balaban J connectivity index is 1.32. The topological polar surface area (TPSA) is 83.1 Å². The second kappa shape index (κ2) is 9.89. The van der Waals surface area contributed by atoms with E-state index in [1.807, 2.05) is 12.1 Å². The van der Waals surface area contributed by atoms with Crippen LogP contribution in [-0.2, 0) is 20.7 Å². The number of amides is 1. The van der Waals surface area contributed by atoms with Crippen LogP contribution < -0.4 is 19.5 Å². The van der Waals surface area contributed by atoms with Gasteiger partial charge in [0.05, 0.1) is 20.1 Å². The molecule has 3 aromatic carbocycles. The number of methoxy groups -OCH3 is 1. The van der Waals surface area contributed by atoms with E-state index in [1.165, 1.54) is 20.1 Å². The van der Waals surface area contributed by atoms with Crippen molar-refractivity contribution in [1.82, 2.24) is 0 Å². The van der Waals surface area contributed by atoms with Crippen molar-refractivity contribution in [1.29, 1.82) is 0 Å². The molecule has 1 aliphatic carbocycles. The van der Waals surface area contributed by atoms with E-state index in [4.69, 9.17) is 18.9 Å². The van der Waals surface area contributed by atoms with Crippen molar-refractivity contribution < 1.29 is 32.9 Å². The van der Waals surface area contributed by atoms with Crippen LogP contribution in [0.5, 0.6) is 23.0 Å².